The van der Waals surface area contributed by atoms with E-state index in [4.69, 9.17) is 11.6 Å². The van der Waals surface area contributed by atoms with Crippen LogP contribution in [0.25, 0.3) is 0 Å². The minimum Gasteiger partial charge on any atom is -0.348 e. The Morgan fingerprint density at radius 1 is 1.29 bits per heavy atom. The van der Waals surface area contributed by atoms with Crippen molar-refractivity contribution in [2.75, 3.05) is 11.4 Å². The molecule has 0 bridgehead atoms. The minimum absolute atomic E-state index is 0.0489. The largest absolute Gasteiger partial charge is 0.348 e. The van der Waals surface area contributed by atoms with E-state index in [9.17, 15) is 10.1 Å². The van der Waals surface area contributed by atoms with Crippen molar-refractivity contribution in [1.29, 1.82) is 0 Å². The third kappa shape index (κ3) is 4.27. The van der Waals surface area contributed by atoms with Gasteiger partial charge in [-0.05, 0) is 37.3 Å². The van der Waals surface area contributed by atoms with Crippen LogP contribution in [0.2, 0.25) is 5.28 Å². The number of anilines is 1. The molecule has 0 aliphatic rings. The lowest BCUT2D eigenvalue weighted by molar-refractivity contribution is -0.385. The van der Waals surface area contributed by atoms with Crippen molar-refractivity contribution in [2.24, 2.45) is 5.92 Å². The maximum Gasteiger partial charge on any atom is 0.332 e. The van der Waals surface area contributed by atoms with Crippen molar-refractivity contribution in [3.63, 3.8) is 0 Å². The van der Waals surface area contributed by atoms with Crippen molar-refractivity contribution in [3.05, 3.63) is 21.1 Å². The van der Waals surface area contributed by atoms with Crippen LogP contribution in [0, 0.1) is 23.0 Å². The Labute approximate surface area is 130 Å². The summed E-state index contributed by atoms with van der Waals surface area (Å²) in [5, 5.41) is 11.4. The minimum atomic E-state index is -0.420. The molecule has 1 rings (SSSR count). The van der Waals surface area contributed by atoms with E-state index in [0.717, 1.165) is 12.8 Å². The second-order valence-electron chi connectivity index (χ2n) is 5.52. The fourth-order valence-corrected chi connectivity index (χ4v) is 2.67. The van der Waals surface area contributed by atoms with Gasteiger partial charge in [-0.1, -0.05) is 27.7 Å². The Bertz CT molecular complexity index is 504. The summed E-state index contributed by atoms with van der Waals surface area (Å²) in [5.74, 6) is 0.694. The van der Waals surface area contributed by atoms with Gasteiger partial charge in [0.15, 0.2) is 0 Å². The second kappa shape index (κ2) is 7.54. The van der Waals surface area contributed by atoms with Crippen LogP contribution in [0.15, 0.2) is 0 Å². The van der Waals surface area contributed by atoms with E-state index in [0.29, 0.717) is 24.0 Å². The molecule has 0 saturated heterocycles. The Balaban J connectivity index is 3.44. The number of hydrogen-bond acceptors (Lipinski definition) is 5. The molecule has 0 aliphatic heterocycles. The maximum absolute atomic E-state index is 11.4. The van der Waals surface area contributed by atoms with Gasteiger partial charge in [-0.15, -0.1) is 0 Å². The van der Waals surface area contributed by atoms with Crippen LogP contribution in [0.3, 0.4) is 0 Å². The van der Waals surface area contributed by atoms with Crippen molar-refractivity contribution in [3.8, 4) is 0 Å². The second-order valence-corrected chi connectivity index (χ2v) is 5.86. The molecule has 118 valence electrons. The molecular weight excluding hydrogens is 292 g/mol. The first kappa shape index (κ1) is 17.6. The van der Waals surface area contributed by atoms with Crippen LogP contribution in [0.5, 0.6) is 0 Å². The van der Waals surface area contributed by atoms with Gasteiger partial charge in [0.05, 0.1) is 4.92 Å². The Morgan fingerprint density at radius 3 is 2.29 bits per heavy atom. The number of hydrogen-bond donors (Lipinski definition) is 0. The standard InChI is InChI=1S/C14H23ClN4O2/c1-6-11(7-2)18(8-9(3)4)13-12(19(20)21)10(5)16-14(15)17-13/h9,11H,6-8H2,1-5H3. The first-order valence-corrected chi connectivity index (χ1v) is 7.64. The van der Waals surface area contributed by atoms with Crippen LogP contribution in [0.4, 0.5) is 11.5 Å². The van der Waals surface area contributed by atoms with E-state index in [1.807, 2.05) is 4.90 Å². The molecule has 0 radical (unpaired) electrons. The van der Waals surface area contributed by atoms with Crippen molar-refractivity contribution in [2.45, 2.75) is 53.5 Å². The Morgan fingerprint density at radius 2 is 1.86 bits per heavy atom. The van der Waals surface area contributed by atoms with Crippen molar-refractivity contribution < 1.29 is 4.92 Å². The molecule has 0 aliphatic carbocycles. The zero-order valence-corrected chi connectivity index (χ0v) is 14.0. The highest BCUT2D eigenvalue weighted by Gasteiger charge is 2.29. The van der Waals surface area contributed by atoms with E-state index >= 15 is 0 Å². The third-order valence-electron chi connectivity index (χ3n) is 3.41. The number of aromatic nitrogens is 2. The molecule has 1 heterocycles. The molecule has 0 amide bonds. The van der Waals surface area contributed by atoms with E-state index < -0.39 is 4.92 Å². The zero-order valence-electron chi connectivity index (χ0n) is 13.3. The van der Waals surface area contributed by atoms with E-state index in [-0.39, 0.29) is 17.0 Å². The molecule has 1 aromatic heterocycles. The fourth-order valence-electron chi connectivity index (χ4n) is 2.46. The van der Waals surface area contributed by atoms with E-state index in [1.54, 1.807) is 6.92 Å². The number of aryl methyl sites for hydroxylation is 1. The molecular formula is C14H23ClN4O2. The lowest BCUT2D eigenvalue weighted by Crippen LogP contribution is -2.38. The maximum atomic E-state index is 11.4. The topological polar surface area (TPSA) is 72.2 Å². The zero-order chi connectivity index (χ0) is 16.2. The van der Waals surface area contributed by atoms with Gasteiger partial charge in [-0.3, -0.25) is 10.1 Å². The van der Waals surface area contributed by atoms with Gasteiger partial charge < -0.3 is 4.90 Å². The molecule has 7 heteroatoms. The first-order valence-electron chi connectivity index (χ1n) is 7.26. The molecule has 0 atom stereocenters. The number of nitrogens with zero attached hydrogens (tertiary/aromatic N) is 4. The Hall–Kier alpha value is -1.43. The summed E-state index contributed by atoms with van der Waals surface area (Å²) in [6.07, 6.45) is 1.78. The van der Waals surface area contributed by atoms with Gasteiger partial charge in [0.25, 0.3) is 0 Å². The van der Waals surface area contributed by atoms with Crippen molar-refractivity contribution >= 4 is 23.1 Å². The van der Waals surface area contributed by atoms with Crippen LogP contribution in [0.1, 0.15) is 46.2 Å². The number of nitro groups is 1. The highest BCUT2D eigenvalue weighted by molar-refractivity contribution is 6.28. The molecule has 0 fully saturated rings. The van der Waals surface area contributed by atoms with Gasteiger partial charge in [-0.25, -0.2) is 4.98 Å². The number of rotatable bonds is 7. The molecule has 0 unspecified atom stereocenters. The normalized spacial score (nSPS) is 11.2. The average Bonchev–Trinajstić information content (AvgIpc) is 2.36. The van der Waals surface area contributed by atoms with Crippen LogP contribution < -0.4 is 4.90 Å². The monoisotopic (exact) mass is 314 g/mol. The molecule has 0 spiro atoms. The lowest BCUT2D eigenvalue weighted by atomic mass is 10.1. The lowest BCUT2D eigenvalue weighted by Gasteiger charge is -2.32. The SMILES string of the molecule is CCC(CC)N(CC(C)C)c1nc(Cl)nc(C)c1[N+](=O)[O-]. The fraction of sp³-hybridized carbons (Fsp3) is 0.714. The molecule has 1 aromatic rings. The highest BCUT2D eigenvalue weighted by Crippen LogP contribution is 2.32. The first-order chi connectivity index (χ1) is 9.81. The number of halogens is 1. The predicted molar refractivity (Wildman–Crippen MR) is 85.0 cm³/mol. The summed E-state index contributed by atoms with van der Waals surface area (Å²) in [6.45, 7) is 10.6. The quantitative estimate of drug-likeness (QED) is 0.432. The smallest absolute Gasteiger partial charge is 0.332 e. The van der Waals surface area contributed by atoms with Gasteiger partial charge >= 0.3 is 5.69 Å². The van der Waals surface area contributed by atoms with E-state index in [2.05, 4.69) is 37.7 Å². The molecule has 21 heavy (non-hydrogen) atoms. The predicted octanol–water partition coefficient (Wildman–Crippen LogP) is 4.00. The summed E-state index contributed by atoms with van der Waals surface area (Å²) in [5.41, 5.74) is 0.252. The van der Waals surface area contributed by atoms with Gasteiger partial charge in [0.2, 0.25) is 11.1 Å². The summed E-state index contributed by atoms with van der Waals surface area (Å²) in [6, 6.07) is 0.191. The molecule has 0 aromatic carbocycles. The molecule has 0 saturated carbocycles. The van der Waals surface area contributed by atoms with Gasteiger partial charge in [-0.2, -0.15) is 4.98 Å². The average molecular weight is 315 g/mol. The Kier molecular flexibility index (Phi) is 6.33. The van der Waals surface area contributed by atoms with Gasteiger partial charge in [0, 0.05) is 12.6 Å². The van der Waals surface area contributed by atoms with Crippen LogP contribution in [-0.2, 0) is 0 Å². The molecule has 0 N–H and O–H groups in total. The molecule has 6 nitrogen and oxygen atoms in total. The highest BCUT2D eigenvalue weighted by atomic mass is 35.5. The summed E-state index contributed by atoms with van der Waals surface area (Å²) in [7, 11) is 0. The van der Waals surface area contributed by atoms with E-state index in [1.165, 1.54) is 0 Å². The van der Waals surface area contributed by atoms with Crippen LogP contribution >= 0.6 is 11.6 Å². The van der Waals surface area contributed by atoms with Gasteiger partial charge in [0.1, 0.15) is 5.69 Å². The third-order valence-corrected chi connectivity index (χ3v) is 3.58. The van der Waals surface area contributed by atoms with Crippen LogP contribution in [-0.4, -0.2) is 27.5 Å². The summed E-state index contributed by atoms with van der Waals surface area (Å²) >= 11 is 5.93. The summed E-state index contributed by atoms with van der Waals surface area (Å²) in [4.78, 5) is 21.1. The van der Waals surface area contributed by atoms with Crippen molar-refractivity contribution in [1.82, 2.24) is 9.97 Å². The summed E-state index contributed by atoms with van der Waals surface area (Å²) < 4.78 is 0.